The van der Waals surface area contributed by atoms with Crippen LogP contribution in [-0.4, -0.2) is 23.1 Å². The normalized spacial score (nSPS) is 17.2. The highest BCUT2D eigenvalue weighted by Gasteiger charge is 2.19. The molecule has 0 spiro atoms. The van der Waals surface area contributed by atoms with E-state index in [1.807, 2.05) is 12.3 Å². The largest absolute Gasteiger partial charge is 0.389 e. The van der Waals surface area contributed by atoms with Gasteiger partial charge in [0.2, 0.25) is 0 Å². The number of nitrogens with two attached hydrogens (primary N) is 1. The zero-order chi connectivity index (χ0) is 13.0. The van der Waals surface area contributed by atoms with Gasteiger partial charge in [0, 0.05) is 24.8 Å². The molecular weight excluding hydrogens is 242 g/mol. The van der Waals surface area contributed by atoms with Crippen molar-refractivity contribution in [3.05, 3.63) is 24.0 Å². The average Bonchev–Trinajstić information content (AvgIpc) is 2.66. The first-order chi connectivity index (χ1) is 8.70. The number of hydrogen-bond donors (Lipinski definition) is 1. The Balaban J connectivity index is 2.21. The highest BCUT2D eigenvalue weighted by atomic mass is 32.1. The van der Waals surface area contributed by atoms with Crippen molar-refractivity contribution in [1.82, 2.24) is 4.98 Å². The Morgan fingerprint density at radius 2 is 2.00 bits per heavy atom. The highest BCUT2D eigenvalue weighted by Crippen LogP contribution is 2.27. The SMILES string of the molecule is CN(c1cnccc1C(N)=S)C1CCCCCC1. The molecule has 0 atom stereocenters. The van der Waals surface area contributed by atoms with Gasteiger partial charge in [0.15, 0.2) is 0 Å². The fourth-order valence-electron chi connectivity index (χ4n) is 2.72. The van der Waals surface area contributed by atoms with Gasteiger partial charge in [-0.1, -0.05) is 37.9 Å². The van der Waals surface area contributed by atoms with Crippen LogP contribution in [0, 0.1) is 0 Å². The van der Waals surface area contributed by atoms with Gasteiger partial charge in [-0.3, -0.25) is 4.98 Å². The maximum absolute atomic E-state index is 5.79. The molecule has 0 bridgehead atoms. The molecule has 2 N–H and O–H groups in total. The summed E-state index contributed by atoms with van der Waals surface area (Å²) in [6.07, 6.45) is 11.5. The molecule has 1 heterocycles. The molecule has 1 aromatic heterocycles. The van der Waals surface area contributed by atoms with Gasteiger partial charge in [0.25, 0.3) is 0 Å². The Bertz CT molecular complexity index is 411. The summed E-state index contributed by atoms with van der Waals surface area (Å²) in [5, 5.41) is 0. The zero-order valence-electron chi connectivity index (χ0n) is 10.9. The number of anilines is 1. The molecule has 0 saturated heterocycles. The van der Waals surface area contributed by atoms with E-state index in [2.05, 4.69) is 16.9 Å². The molecular formula is C14H21N3S. The minimum Gasteiger partial charge on any atom is -0.389 e. The fraction of sp³-hybridized carbons (Fsp3) is 0.571. The van der Waals surface area contributed by atoms with Gasteiger partial charge in [-0.2, -0.15) is 0 Å². The van der Waals surface area contributed by atoms with Crippen LogP contribution in [0.3, 0.4) is 0 Å². The third kappa shape index (κ3) is 2.99. The lowest BCUT2D eigenvalue weighted by Crippen LogP contribution is -2.33. The summed E-state index contributed by atoms with van der Waals surface area (Å²) in [4.78, 5) is 6.97. The molecule has 3 nitrogen and oxygen atoms in total. The molecule has 0 unspecified atom stereocenters. The van der Waals surface area contributed by atoms with Gasteiger partial charge in [-0.15, -0.1) is 0 Å². The van der Waals surface area contributed by atoms with Crippen LogP contribution in [0.4, 0.5) is 5.69 Å². The van der Waals surface area contributed by atoms with Crippen molar-refractivity contribution in [1.29, 1.82) is 0 Å². The van der Waals surface area contributed by atoms with Crippen LogP contribution in [0.2, 0.25) is 0 Å². The molecule has 0 amide bonds. The number of rotatable bonds is 3. The zero-order valence-corrected chi connectivity index (χ0v) is 11.7. The second-order valence-electron chi connectivity index (χ2n) is 5.01. The van der Waals surface area contributed by atoms with E-state index in [0.717, 1.165) is 11.3 Å². The smallest absolute Gasteiger partial charge is 0.106 e. The standard InChI is InChI=1S/C14H21N3S/c1-17(11-6-4-2-3-5-7-11)13-10-16-9-8-12(13)14(15)18/h8-11H,2-7H2,1H3,(H2,15,18). The van der Waals surface area contributed by atoms with Gasteiger partial charge in [-0.05, 0) is 18.9 Å². The Morgan fingerprint density at radius 3 is 2.61 bits per heavy atom. The van der Waals surface area contributed by atoms with Crippen LogP contribution in [0.25, 0.3) is 0 Å². The second-order valence-corrected chi connectivity index (χ2v) is 5.45. The first-order valence-electron chi connectivity index (χ1n) is 6.67. The van der Waals surface area contributed by atoms with Crippen molar-refractivity contribution >= 4 is 22.9 Å². The van der Waals surface area contributed by atoms with Crippen molar-refractivity contribution in [3.8, 4) is 0 Å². The van der Waals surface area contributed by atoms with Crippen LogP contribution in [0.5, 0.6) is 0 Å². The van der Waals surface area contributed by atoms with Crippen LogP contribution >= 0.6 is 12.2 Å². The number of nitrogens with zero attached hydrogens (tertiary/aromatic N) is 2. The first-order valence-corrected chi connectivity index (χ1v) is 7.07. The van der Waals surface area contributed by atoms with E-state index in [0.29, 0.717) is 11.0 Å². The summed E-state index contributed by atoms with van der Waals surface area (Å²) < 4.78 is 0. The summed E-state index contributed by atoms with van der Waals surface area (Å²) in [6, 6.07) is 2.50. The summed E-state index contributed by atoms with van der Waals surface area (Å²) in [5.74, 6) is 0. The van der Waals surface area contributed by atoms with Gasteiger partial charge >= 0.3 is 0 Å². The van der Waals surface area contributed by atoms with Crippen LogP contribution < -0.4 is 10.6 Å². The van der Waals surface area contributed by atoms with Crippen LogP contribution in [-0.2, 0) is 0 Å². The summed E-state index contributed by atoms with van der Waals surface area (Å²) in [5.41, 5.74) is 7.79. The minimum atomic E-state index is 0.452. The number of pyridine rings is 1. The maximum Gasteiger partial charge on any atom is 0.106 e. The molecule has 0 radical (unpaired) electrons. The quantitative estimate of drug-likeness (QED) is 0.672. The Morgan fingerprint density at radius 1 is 1.33 bits per heavy atom. The molecule has 1 aliphatic carbocycles. The van der Waals surface area contributed by atoms with E-state index in [1.165, 1.54) is 38.5 Å². The average molecular weight is 263 g/mol. The first kappa shape index (κ1) is 13.3. The molecule has 1 saturated carbocycles. The topological polar surface area (TPSA) is 42.2 Å². The minimum absolute atomic E-state index is 0.452. The van der Waals surface area contributed by atoms with Gasteiger partial charge in [0.1, 0.15) is 4.99 Å². The lowest BCUT2D eigenvalue weighted by Gasteiger charge is -2.30. The summed E-state index contributed by atoms with van der Waals surface area (Å²) in [7, 11) is 2.13. The molecule has 1 aromatic rings. The van der Waals surface area contributed by atoms with E-state index in [9.17, 15) is 0 Å². The number of aromatic nitrogens is 1. The third-order valence-corrected chi connectivity index (χ3v) is 4.04. The molecule has 4 heteroatoms. The Hall–Kier alpha value is -1.16. The van der Waals surface area contributed by atoms with E-state index in [4.69, 9.17) is 18.0 Å². The van der Waals surface area contributed by atoms with E-state index < -0.39 is 0 Å². The number of hydrogen-bond acceptors (Lipinski definition) is 3. The second kappa shape index (κ2) is 6.14. The van der Waals surface area contributed by atoms with Crippen molar-refractivity contribution in [2.45, 2.75) is 44.6 Å². The van der Waals surface area contributed by atoms with Gasteiger partial charge in [-0.25, -0.2) is 0 Å². The number of thiocarbonyl (C=S) groups is 1. The van der Waals surface area contributed by atoms with Crippen molar-refractivity contribution in [2.75, 3.05) is 11.9 Å². The lowest BCUT2D eigenvalue weighted by molar-refractivity contribution is 0.552. The van der Waals surface area contributed by atoms with Gasteiger partial charge in [0.05, 0.1) is 11.9 Å². The van der Waals surface area contributed by atoms with E-state index in [1.54, 1.807) is 6.20 Å². The van der Waals surface area contributed by atoms with Crippen LogP contribution in [0.15, 0.2) is 18.5 Å². The third-order valence-electron chi connectivity index (χ3n) is 3.82. The summed E-state index contributed by atoms with van der Waals surface area (Å²) in [6.45, 7) is 0. The monoisotopic (exact) mass is 263 g/mol. The maximum atomic E-state index is 5.79. The van der Waals surface area contributed by atoms with E-state index >= 15 is 0 Å². The Kier molecular flexibility index (Phi) is 4.53. The molecule has 18 heavy (non-hydrogen) atoms. The predicted octanol–water partition coefficient (Wildman–Crippen LogP) is 2.87. The van der Waals surface area contributed by atoms with Crippen molar-refractivity contribution < 1.29 is 0 Å². The van der Waals surface area contributed by atoms with Gasteiger partial charge < -0.3 is 10.6 Å². The van der Waals surface area contributed by atoms with E-state index in [-0.39, 0.29) is 0 Å². The molecule has 0 aliphatic heterocycles. The fourth-order valence-corrected chi connectivity index (χ4v) is 2.89. The summed E-state index contributed by atoms with van der Waals surface area (Å²) >= 11 is 5.12. The Labute approximate surface area is 114 Å². The highest BCUT2D eigenvalue weighted by molar-refractivity contribution is 7.80. The molecule has 98 valence electrons. The molecule has 2 rings (SSSR count). The molecule has 1 aliphatic rings. The van der Waals surface area contributed by atoms with Crippen LogP contribution in [0.1, 0.15) is 44.1 Å². The van der Waals surface area contributed by atoms with Crippen molar-refractivity contribution in [2.24, 2.45) is 5.73 Å². The lowest BCUT2D eigenvalue weighted by atomic mass is 10.1. The predicted molar refractivity (Wildman–Crippen MR) is 80.0 cm³/mol. The molecule has 1 fully saturated rings. The molecule has 0 aromatic carbocycles. The van der Waals surface area contributed by atoms with Crippen molar-refractivity contribution in [3.63, 3.8) is 0 Å².